The van der Waals surface area contributed by atoms with Gasteiger partial charge in [0.25, 0.3) is 5.91 Å². The van der Waals surface area contributed by atoms with Crippen molar-refractivity contribution in [3.63, 3.8) is 0 Å². The fourth-order valence-corrected chi connectivity index (χ4v) is 6.11. The lowest BCUT2D eigenvalue weighted by molar-refractivity contribution is 0.103. The third-order valence-electron chi connectivity index (χ3n) is 5.82. The summed E-state index contributed by atoms with van der Waals surface area (Å²) < 4.78 is 1.03. The largest absolute Gasteiger partial charge is 0.397 e. The summed E-state index contributed by atoms with van der Waals surface area (Å²) in [5, 5.41) is 4.29. The normalized spacial score (nSPS) is 11.2. The first kappa shape index (κ1) is 21.5. The molecule has 0 unspecified atom stereocenters. The number of amides is 1. The summed E-state index contributed by atoms with van der Waals surface area (Å²) in [5.74, 6) is -0.276. The molecule has 5 nitrogen and oxygen atoms in total. The highest BCUT2D eigenvalue weighted by molar-refractivity contribution is 7.23. The van der Waals surface area contributed by atoms with Gasteiger partial charge in [-0.05, 0) is 41.8 Å². The number of benzene rings is 3. The first-order valence-electron chi connectivity index (χ1n) is 11.1. The standard InChI is InChI=1S/C28H20N4OS2/c1-16-12-13-20-22(14-16)34-28(31-20)32-26(33)25-24(29)23-19(17-8-4-2-5-9-17)15-21(30-27(23)35-25)18-10-6-3-7-11-18/h2-15H,29H2,1H3,(H,31,32,33). The maximum Gasteiger partial charge on any atom is 0.269 e. The lowest BCUT2D eigenvalue weighted by Crippen LogP contribution is -2.11. The molecule has 0 fully saturated rings. The molecule has 0 bridgehead atoms. The van der Waals surface area contributed by atoms with Crippen molar-refractivity contribution in [1.29, 1.82) is 0 Å². The molecule has 0 saturated heterocycles. The number of thiophene rings is 1. The van der Waals surface area contributed by atoms with Crippen molar-refractivity contribution in [2.75, 3.05) is 11.1 Å². The number of nitrogens with one attached hydrogen (secondary N) is 1. The van der Waals surface area contributed by atoms with E-state index in [1.807, 2.05) is 85.8 Å². The van der Waals surface area contributed by atoms with Gasteiger partial charge in [0.1, 0.15) is 9.71 Å². The van der Waals surface area contributed by atoms with E-state index in [9.17, 15) is 4.79 Å². The van der Waals surface area contributed by atoms with Crippen LogP contribution in [0.4, 0.5) is 10.8 Å². The number of thiazole rings is 1. The number of aromatic nitrogens is 2. The van der Waals surface area contributed by atoms with Crippen LogP contribution < -0.4 is 11.1 Å². The summed E-state index contributed by atoms with van der Waals surface area (Å²) >= 11 is 2.76. The number of rotatable bonds is 4. The summed E-state index contributed by atoms with van der Waals surface area (Å²) in [7, 11) is 0. The van der Waals surface area contributed by atoms with E-state index in [2.05, 4.69) is 16.4 Å². The van der Waals surface area contributed by atoms with E-state index in [4.69, 9.17) is 10.7 Å². The van der Waals surface area contributed by atoms with Gasteiger partial charge in [-0.3, -0.25) is 10.1 Å². The minimum absolute atomic E-state index is 0.276. The Morgan fingerprint density at radius 3 is 2.31 bits per heavy atom. The molecule has 6 rings (SSSR count). The minimum Gasteiger partial charge on any atom is -0.397 e. The van der Waals surface area contributed by atoms with Crippen LogP contribution in [0.25, 0.3) is 42.8 Å². The quantitative estimate of drug-likeness (QED) is 0.269. The number of hydrogen-bond donors (Lipinski definition) is 2. The third-order valence-corrected chi connectivity index (χ3v) is 7.86. The second kappa shape index (κ2) is 8.61. The number of aryl methyl sites for hydroxylation is 1. The average molecular weight is 493 g/mol. The molecule has 3 heterocycles. The fraction of sp³-hybridized carbons (Fsp3) is 0.0357. The maximum atomic E-state index is 13.3. The molecule has 0 radical (unpaired) electrons. The van der Waals surface area contributed by atoms with Gasteiger partial charge in [-0.15, -0.1) is 11.3 Å². The van der Waals surface area contributed by atoms with E-state index in [0.717, 1.165) is 48.4 Å². The van der Waals surface area contributed by atoms with Gasteiger partial charge in [-0.2, -0.15) is 0 Å². The molecular weight excluding hydrogens is 472 g/mol. The predicted molar refractivity (Wildman–Crippen MR) is 147 cm³/mol. The van der Waals surface area contributed by atoms with Gasteiger partial charge < -0.3 is 5.73 Å². The van der Waals surface area contributed by atoms with Crippen LogP contribution in [0.1, 0.15) is 15.2 Å². The predicted octanol–water partition coefficient (Wildman–Crippen LogP) is 7.38. The Bertz CT molecular complexity index is 1710. The molecule has 3 aromatic carbocycles. The SMILES string of the molecule is Cc1ccc2nc(NC(=O)c3sc4nc(-c5ccccc5)cc(-c5ccccc5)c4c3N)sc2c1. The summed E-state index contributed by atoms with van der Waals surface area (Å²) in [5.41, 5.74) is 12.9. The number of pyridine rings is 1. The van der Waals surface area contributed by atoms with Crippen LogP contribution in [-0.4, -0.2) is 15.9 Å². The van der Waals surface area contributed by atoms with Gasteiger partial charge in [0, 0.05) is 10.9 Å². The van der Waals surface area contributed by atoms with Crippen LogP contribution in [0, 0.1) is 6.92 Å². The molecule has 0 aliphatic carbocycles. The summed E-state index contributed by atoms with van der Waals surface area (Å²) in [6.45, 7) is 2.04. The Morgan fingerprint density at radius 2 is 1.57 bits per heavy atom. The number of nitrogens with two attached hydrogens (primary N) is 1. The summed E-state index contributed by atoms with van der Waals surface area (Å²) in [6, 6.07) is 28.2. The smallest absolute Gasteiger partial charge is 0.269 e. The maximum absolute atomic E-state index is 13.3. The van der Waals surface area contributed by atoms with Crippen LogP contribution in [-0.2, 0) is 0 Å². The first-order chi connectivity index (χ1) is 17.1. The zero-order chi connectivity index (χ0) is 23.9. The molecule has 0 aliphatic heterocycles. The monoisotopic (exact) mass is 492 g/mol. The van der Waals surface area contributed by atoms with E-state index in [-0.39, 0.29) is 5.91 Å². The minimum atomic E-state index is -0.276. The molecular formula is C28H20N4OS2. The van der Waals surface area contributed by atoms with Crippen molar-refractivity contribution >= 4 is 59.8 Å². The van der Waals surface area contributed by atoms with Crippen molar-refractivity contribution in [2.24, 2.45) is 0 Å². The third kappa shape index (κ3) is 3.95. The highest BCUT2D eigenvalue weighted by Crippen LogP contribution is 2.41. The Hall–Kier alpha value is -4.07. The molecule has 0 spiro atoms. The molecule has 6 aromatic rings. The fourth-order valence-electron chi connectivity index (χ4n) is 4.13. The van der Waals surface area contributed by atoms with E-state index in [1.54, 1.807) is 0 Å². The molecule has 35 heavy (non-hydrogen) atoms. The molecule has 3 N–H and O–H groups in total. The Balaban J connectivity index is 1.46. The van der Waals surface area contributed by atoms with Crippen molar-refractivity contribution in [2.45, 2.75) is 6.92 Å². The van der Waals surface area contributed by atoms with E-state index >= 15 is 0 Å². The van der Waals surface area contributed by atoms with Crippen LogP contribution in [0.15, 0.2) is 84.9 Å². The molecule has 1 amide bonds. The number of fused-ring (bicyclic) bond motifs is 2. The van der Waals surface area contributed by atoms with Crippen molar-refractivity contribution in [3.05, 3.63) is 95.4 Å². The highest BCUT2D eigenvalue weighted by Gasteiger charge is 2.22. The van der Waals surface area contributed by atoms with E-state index < -0.39 is 0 Å². The first-order valence-corrected chi connectivity index (χ1v) is 12.7. The van der Waals surface area contributed by atoms with Gasteiger partial charge in [0.05, 0.1) is 21.6 Å². The van der Waals surface area contributed by atoms with E-state index in [0.29, 0.717) is 15.7 Å². The number of hydrogen-bond acceptors (Lipinski definition) is 6. The Labute approximate surface area is 209 Å². The molecule has 3 aromatic heterocycles. The number of carbonyl (C=O) groups excluding carboxylic acids is 1. The van der Waals surface area contributed by atoms with Crippen LogP contribution in [0.2, 0.25) is 0 Å². The average Bonchev–Trinajstić information content (AvgIpc) is 3.44. The van der Waals surface area contributed by atoms with Gasteiger partial charge in [-0.1, -0.05) is 78.1 Å². The number of anilines is 2. The second-order valence-corrected chi connectivity index (χ2v) is 10.3. The van der Waals surface area contributed by atoms with E-state index in [1.165, 1.54) is 22.7 Å². The van der Waals surface area contributed by atoms with Crippen LogP contribution in [0.5, 0.6) is 0 Å². The number of nitrogen functional groups attached to an aromatic ring is 1. The molecule has 7 heteroatoms. The lowest BCUT2D eigenvalue weighted by Gasteiger charge is -2.09. The number of carbonyl (C=O) groups is 1. The van der Waals surface area contributed by atoms with Gasteiger partial charge >= 0.3 is 0 Å². The number of nitrogens with zero attached hydrogens (tertiary/aromatic N) is 2. The Morgan fingerprint density at radius 1 is 0.857 bits per heavy atom. The van der Waals surface area contributed by atoms with Crippen molar-refractivity contribution < 1.29 is 4.79 Å². The van der Waals surface area contributed by atoms with Gasteiger partial charge in [0.2, 0.25) is 0 Å². The molecule has 0 aliphatic rings. The van der Waals surface area contributed by atoms with Crippen LogP contribution in [0.3, 0.4) is 0 Å². The highest BCUT2D eigenvalue weighted by atomic mass is 32.1. The van der Waals surface area contributed by atoms with Crippen molar-refractivity contribution in [1.82, 2.24) is 9.97 Å². The van der Waals surface area contributed by atoms with Gasteiger partial charge in [0.15, 0.2) is 5.13 Å². The zero-order valence-corrected chi connectivity index (χ0v) is 20.4. The summed E-state index contributed by atoms with van der Waals surface area (Å²) in [6.07, 6.45) is 0. The van der Waals surface area contributed by atoms with Crippen molar-refractivity contribution in [3.8, 4) is 22.4 Å². The zero-order valence-electron chi connectivity index (χ0n) is 18.8. The van der Waals surface area contributed by atoms with Crippen LogP contribution >= 0.6 is 22.7 Å². The lowest BCUT2D eigenvalue weighted by atomic mass is 9.99. The second-order valence-electron chi connectivity index (χ2n) is 8.26. The summed E-state index contributed by atoms with van der Waals surface area (Å²) in [4.78, 5) is 23.9. The topological polar surface area (TPSA) is 80.9 Å². The molecule has 0 atom stereocenters. The molecule has 0 saturated carbocycles. The molecule has 170 valence electrons. The van der Waals surface area contributed by atoms with Gasteiger partial charge in [-0.25, -0.2) is 9.97 Å². The Kier molecular flexibility index (Phi) is 5.28.